The summed E-state index contributed by atoms with van der Waals surface area (Å²) in [5, 5.41) is 0. The third kappa shape index (κ3) is 4.42. The van der Waals surface area contributed by atoms with Crippen molar-refractivity contribution in [2.75, 3.05) is 9.80 Å². The number of imide groups is 2. The van der Waals surface area contributed by atoms with Gasteiger partial charge in [0.05, 0.1) is 22.5 Å². The SMILES string of the molecule is O=C(c1cc(N2C(=O)C=CC2=O)cc(C(F)(F)F)c1)c1cc(N2C(=O)C=CC2=O)cc(C(F)(F)F)c1. The Hall–Kier alpha value is -4.55. The number of nitrogens with zero attached hydrogens (tertiary/aromatic N) is 2. The molecule has 36 heavy (non-hydrogen) atoms. The van der Waals surface area contributed by atoms with Gasteiger partial charge in [-0.15, -0.1) is 0 Å². The zero-order valence-corrected chi connectivity index (χ0v) is 17.5. The van der Waals surface area contributed by atoms with Crippen LogP contribution in [0, 0.1) is 0 Å². The van der Waals surface area contributed by atoms with Gasteiger partial charge in [-0.2, -0.15) is 26.3 Å². The topological polar surface area (TPSA) is 91.8 Å². The van der Waals surface area contributed by atoms with E-state index in [9.17, 15) is 50.3 Å². The van der Waals surface area contributed by atoms with Gasteiger partial charge >= 0.3 is 12.4 Å². The molecule has 2 aliphatic heterocycles. The van der Waals surface area contributed by atoms with Crippen LogP contribution >= 0.6 is 0 Å². The molecule has 4 rings (SSSR count). The minimum absolute atomic E-state index is 0.345. The maximum Gasteiger partial charge on any atom is 0.416 e. The van der Waals surface area contributed by atoms with E-state index in [1.165, 1.54) is 0 Å². The molecule has 4 amide bonds. The number of benzene rings is 2. The first-order valence-electron chi connectivity index (χ1n) is 9.78. The molecule has 0 bridgehead atoms. The summed E-state index contributed by atoms with van der Waals surface area (Å²) in [6.07, 6.45) is -6.93. The monoisotopic (exact) mass is 508 g/mol. The molecule has 0 fully saturated rings. The summed E-state index contributed by atoms with van der Waals surface area (Å²) in [7, 11) is 0. The number of carbonyl (C=O) groups is 5. The fourth-order valence-corrected chi connectivity index (χ4v) is 3.55. The molecule has 184 valence electrons. The number of hydrogen-bond donors (Lipinski definition) is 0. The molecule has 13 heteroatoms. The van der Waals surface area contributed by atoms with Crippen LogP contribution < -0.4 is 9.80 Å². The third-order valence-electron chi connectivity index (χ3n) is 5.15. The van der Waals surface area contributed by atoms with E-state index < -0.39 is 75.4 Å². The van der Waals surface area contributed by atoms with Gasteiger partial charge in [0.25, 0.3) is 23.6 Å². The van der Waals surface area contributed by atoms with E-state index in [-0.39, 0.29) is 0 Å². The maximum absolute atomic E-state index is 13.5. The summed E-state index contributed by atoms with van der Waals surface area (Å²) < 4.78 is 81.1. The van der Waals surface area contributed by atoms with E-state index in [2.05, 4.69) is 0 Å². The molecular weight excluding hydrogens is 498 g/mol. The van der Waals surface area contributed by atoms with Crippen LogP contribution in [0.15, 0.2) is 60.7 Å². The van der Waals surface area contributed by atoms with Crippen molar-refractivity contribution < 1.29 is 50.3 Å². The first kappa shape index (κ1) is 24.6. The largest absolute Gasteiger partial charge is 0.416 e. The summed E-state index contributed by atoms with van der Waals surface area (Å²) in [6.45, 7) is 0. The highest BCUT2D eigenvalue weighted by molar-refractivity contribution is 6.29. The Balaban J connectivity index is 1.87. The standard InChI is InChI=1S/C23H10F6N2O5/c24-22(25,26)13-5-11(7-15(9-13)30-17(32)1-2-18(30)33)21(36)12-6-14(23(27,28)29)10-16(8-12)31-19(34)3-4-20(31)35/h1-10H. The summed E-state index contributed by atoms with van der Waals surface area (Å²) in [6, 6.07) is 3.05. The second-order valence-corrected chi connectivity index (χ2v) is 7.55. The zero-order valence-electron chi connectivity index (χ0n) is 17.5. The van der Waals surface area contributed by atoms with Gasteiger partial charge in [0.15, 0.2) is 5.78 Å². The van der Waals surface area contributed by atoms with E-state index in [1.54, 1.807) is 0 Å². The Morgan fingerprint density at radius 1 is 0.528 bits per heavy atom. The number of alkyl halides is 6. The summed E-state index contributed by atoms with van der Waals surface area (Å²) in [5.41, 5.74) is -5.75. The molecule has 0 N–H and O–H groups in total. The molecule has 0 unspecified atom stereocenters. The molecule has 0 aliphatic carbocycles. The minimum Gasteiger partial charge on any atom is -0.289 e. The molecule has 2 aromatic carbocycles. The molecular formula is C23H10F6N2O5. The molecule has 2 aromatic rings. The average Bonchev–Trinajstić information content (AvgIpc) is 3.31. The molecule has 7 nitrogen and oxygen atoms in total. The lowest BCUT2D eigenvalue weighted by atomic mass is 9.97. The molecule has 0 radical (unpaired) electrons. The Labute approximate surface area is 196 Å². The minimum atomic E-state index is -5.05. The van der Waals surface area contributed by atoms with E-state index >= 15 is 0 Å². The van der Waals surface area contributed by atoms with Crippen molar-refractivity contribution in [3.63, 3.8) is 0 Å². The van der Waals surface area contributed by atoms with Crippen molar-refractivity contribution in [3.05, 3.63) is 83.0 Å². The van der Waals surface area contributed by atoms with Crippen LogP contribution in [0.25, 0.3) is 0 Å². The molecule has 0 aromatic heterocycles. The molecule has 0 saturated carbocycles. The number of hydrogen-bond acceptors (Lipinski definition) is 5. The first-order chi connectivity index (χ1) is 16.7. The normalized spacial score (nSPS) is 16.1. The van der Waals surface area contributed by atoms with Crippen molar-refractivity contribution in [1.82, 2.24) is 0 Å². The lowest BCUT2D eigenvalue weighted by molar-refractivity contribution is -0.138. The molecule has 0 saturated heterocycles. The highest BCUT2D eigenvalue weighted by Gasteiger charge is 2.37. The molecule has 2 aliphatic rings. The Morgan fingerprint density at radius 3 is 1.11 bits per heavy atom. The quantitative estimate of drug-likeness (QED) is 0.356. The smallest absolute Gasteiger partial charge is 0.289 e. The fourth-order valence-electron chi connectivity index (χ4n) is 3.55. The number of anilines is 2. The number of ketones is 1. The molecule has 2 heterocycles. The third-order valence-corrected chi connectivity index (χ3v) is 5.15. The number of carbonyl (C=O) groups excluding carboxylic acids is 5. The van der Waals surface area contributed by atoms with Crippen molar-refractivity contribution in [2.24, 2.45) is 0 Å². The van der Waals surface area contributed by atoms with Gasteiger partial charge in [0.2, 0.25) is 0 Å². The van der Waals surface area contributed by atoms with E-state index in [4.69, 9.17) is 0 Å². The van der Waals surface area contributed by atoms with Crippen molar-refractivity contribution >= 4 is 40.8 Å². The summed E-state index contributed by atoms with van der Waals surface area (Å²) in [5.74, 6) is -5.31. The van der Waals surface area contributed by atoms with E-state index in [0.29, 0.717) is 34.1 Å². The Kier molecular flexibility index (Phi) is 5.66. The second kappa shape index (κ2) is 8.29. The van der Waals surface area contributed by atoms with E-state index in [1.807, 2.05) is 0 Å². The zero-order chi connectivity index (χ0) is 26.6. The van der Waals surface area contributed by atoms with Crippen molar-refractivity contribution in [1.29, 1.82) is 0 Å². The molecule has 0 spiro atoms. The second-order valence-electron chi connectivity index (χ2n) is 7.55. The Bertz CT molecular complexity index is 1280. The van der Waals surface area contributed by atoms with Gasteiger partial charge in [-0.3, -0.25) is 24.0 Å². The Morgan fingerprint density at radius 2 is 0.833 bits per heavy atom. The lowest BCUT2D eigenvalue weighted by Crippen LogP contribution is -2.30. The highest BCUT2D eigenvalue weighted by atomic mass is 19.4. The first-order valence-corrected chi connectivity index (χ1v) is 9.78. The number of halogens is 6. The van der Waals surface area contributed by atoms with Crippen LogP contribution in [-0.4, -0.2) is 29.4 Å². The number of rotatable bonds is 4. The highest BCUT2D eigenvalue weighted by Crippen LogP contribution is 2.37. The van der Waals surface area contributed by atoms with Gasteiger partial charge in [0.1, 0.15) is 0 Å². The van der Waals surface area contributed by atoms with Crippen LogP contribution in [0.1, 0.15) is 27.0 Å². The van der Waals surface area contributed by atoms with Gasteiger partial charge in [-0.05, 0) is 36.4 Å². The predicted molar refractivity (Wildman–Crippen MR) is 110 cm³/mol. The fraction of sp³-hybridized carbons (Fsp3) is 0.0870. The summed E-state index contributed by atoms with van der Waals surface area (Å²) in [4.78, 5) is 61.7. The van der Waals surface area contributed by atoms with Crippen LogP contribution in [-0.2, 0) is 31.5 Å². The average molecular weight is 508 g/mol. The number of amides is 4. The van der Waals surface area contributed by atoms with Crippen LogP contribution in [0.2, 0.25) is 0 Å². The summed E-state index contributed by atoms with van der Waals surface area (Å²) >= 11 is 0. The van der Waals surface area contributed by atoms with Gasteiger partial charge in [-0.1, -0.05) is 0 Å². The van der Waals surface area contributed by atoms with Gasteiger partial charge < -0.3 is 0 Å². The van der Waals surface area contributed by atoms with Crippen LogP contribution in [0.5, 0.6) is 0 Å². The van der Waals surface area contributed by atoms with Crippen molar-refractivity contribution in [3.8, 4) is 0 Å². The van der Waals surface area contributed by atoms with E-state index in [0.717, 1.165) is 36.4 Å². The van der Waals surface area contributed by atoms with Gasteiger partial charge in [-0.25, -0.2) is 9.80 Å². The lowest BCUT2D eigenvalue weighted by Gasteiger charge is -2.19. The van der Waals surface area contributed by atoms with Crippen molar-refractivity contribution in [2.45, 2.75) is 12.4 Å². The predicted octanol–water partition coefficient (Wildman–Crippen LogP) is 3.81. The van der Waals surface area contributed by atoms with Gasteiger partial charge in [0, 0.05) is 35.4 Å². The van der Waals surface area contributed by atoms with Crippen LogP contribution in [0.3, 0.4) is 0 Å². The van der Waals surface area contributed by atoms with Crippen LogP contribution in [0.4, 0.5) is 37.7 Å². The maximum atomic E-state index is 13.5. The molecule has 0 atom stereocenters.